The maximum absolute atomic E-state index is 4.28. The number of aromatic nitrogens is 2. The fourth-order valence-electron chi connectivity index (χ4n) is 2.29. The summed E-state index contributed by atoms with van der Waals surface area (Å²) in [7, 11) is 0. The number of piperidine rings is 1. The monoisotopic (exact) mass is 205 g/mol. The third-order valence-corrected chi connectivity index (χ3v) is 3.33. The van der Waals surface area contributed by atoms with E-state index in [4.69, 9.17) is 0 Å². The largest absolute Gasteiger partial charge is 0.317 e. The van der Waals surface area contributed by atoms with Crippen LogP contribution in [0.1, 0.15) is 29.8 Å². The fourth-order valence-corrected chi connectivity index (χ4v) is 2.29. The molecule has 1 aliphatic rings. The summed E-state index contributed by atoms with van der Waals surface area (Å²) in [4.78, 5) is 8.56. The van der Waals surface area contributed by atoms with Crippen molar-refractivity contribution in [3.63, 3.8) is 0 Å². The van der Waals surface area contributed by atoms with Crippen LogP contribution in [0.4, 0.5) is 0 Å². The second-order valence-corrected chi connectivity index (χ2v) is 4.42. The van der Waals surface area contributed by atoms with E-state index >= 15 is 0 Å². The molecule has 2 rings (SSSR count). The first-order chi connectivity index (χ1) is 7.27. The van der Waals surface area contributed by atoms with Crippen molar-refractivity contribution >= 4 is 0 Å². The number of aryl methyl sites for hydroxylation is 2. The molecular weight excluding hydrogens is 186 g/mol. The number of nitrogens with one attached hydrogen (secondary N) is 1. The van der Waals surface area contributed by atoms with Gasteiger partial charge in [-0.15, -0.1) is 0 Å². The molecule has 1 aromatic heterocycles. The Kier molecular flexibility index (Phi) is 3.31. The molecule has 0 bridgehead atoms. The van der Waals surface area contributed by atoms with Gasteiger partial charge in [-0.3, -0.25) is 0 Å². The number of hydrogen-bond donors (Lipinski definition) is 1. The summed E-state index contributed by atoms with van der Waals surface area (Å²) in [6.07, 6.45) is 5.39. The van der Waals surface area contributed by atoms with Gasteiger partial charge in [-0.25, -0.2) is 9.97 Å². The predicted octanol–water partition coefficient (Wildman–Crippen LogP) is 1.64. The normalized spacial score (nSPS) is 18.0. The highest BCUT2D eigenvalue weighted by Crippen LogP contribution is 2.20. The van der Waals surface area contributed by atoms with Gasteiger partial charge in [0, 0.05) is 11.4 Å². The Morgan fingerprint density at radius 1 is 1.20 bits per heavy atom. The summed E-state index contributed by atoms with van der Waals surface area (Å²) >= 11 is 0. The van der Waals surface area contributed by atoms with Crippen LogP contribution in [-0.2, 0) is 6.42 Å². The summed E-state index contributed by atoms with van der Waals surface area (Å²) in [5.74, 6) is 0.814. The van der Waals surface area contributed by atoms with Gasteiger partial charge in [-0.1, -0.05) is 0 Å². The van der Waals surface area contributed by atoms with Crippen molar-refractivity contribution in [2.45, 2.75) is 33.1 Å². The molecule has 1 N–H and O–H groups in total. The third-order valence-electron chi connectivity index (χ3n) is 3.33. The lowest BCUT2D eigenvalue weighted by atomic mass is 9.90. The molecule has 2 heterocycles. The Bertz CT molecular complexity index is 309. The first-order valence-corrected chi connectivity index (χ1v) is 5.75. The smallest absolute Gasteiger partial charge is 0.115 e. The van der Waals surface area contributed by atoms with Crippen LogP contribution in [0.25, 0.3) is 0 Å². The molecule has 0 atom stereocenters. The molecule has 1 saturated heterocycles. The molecule has 0 aliphatic carbocycles. The highest BCUT2D eigenvalue weighted by Gasteiger charge is 2.16. The molecule has 3 heteroatoms. The Morgan fingerprint density at radius 3 is 2.40 bits per heavy atom. The van der Waals surface area contributed by atoms with E-state index < -0.39 is 0 Å². The summed E-state index contributed by atoms with van der Waals surface area (Å²) in [6.45, 7) is 6.50. The van der Waals surface area contributed by atoms with E-state index in [2.05, 4.69) is 29.1 Å². The van der Waals surface area contributed by atoms with E-state index in [1.165, 1.54) is 18.4 Å². The minimum absolute atomic E-state index is 0.814. The summed E-state index contributed by atoms with van der Waals surface area (Å²) in [5.41, 5.74) is 3.67. The average Bonchev–Trinajstić information content (AvgIpc) is 2.25. The molecule has 1 fully saturated rings. The number of hydrogen-bond acceptors (Lipinski definition) is 3. The van der Waals surface area contributed by atoms with E-state index in [1.54, 1.807) is 6.33 Å². The van der Waals surface area contributed by atoms with Crippen LogP contribution in [0.15, 0.2) is 6.33 Å². The SMILES string of the molecule is Cc1ncnc(C)c1CC1CCNCC1. The van der Waals surface area contributed by atoms with Crippen molar-refractivity contribution in [1.29, 1.82) is 0 Å². The van der Waals surface area contributed by atoms with E-state index in [-0.39, 0.29) is 0 Å². The second kappa shape index (κ2) is 4.71. The van der Waals surface area contributed by atoms with Crippen LogP contribution in [0.2, 0.25) is 0 Å². The Morgan fingerprint density at radius 2 is 1.80 bits per heavy atom. The molecule has 82 valence electrons. The van der Waals surface area contributed by atoms with Gasteiger partial charge >= 0.3 is 0 Å². The summed E-state index contributed by atoms with van der Waals surface area (Å²) < 4.78 is 0. The molecule has 15 heavy (non-hydrogen) atoms. The Labute approximate surface area is 91.3 Å². The number of nitrogens with zero attached hydrogens (tertiary/aromatic N) is 2. The zero-order chi connectivity index (χ0) is 10.7. The highest BCUT2D eigenvalue weighted by molar-refractivity contribution is 5.23. The summed E-state index contributed by atoms with van der Waals surface area (Å²) in [6, 6.07) is 0. The van der Waals surface area contributed by atoms with E-state index in [0.717, 1.165) is 36.8 Å². The maximum atomic E-state index is 4.28. The lowest BCUT2D eigenvalue weighted by Crippen LogP contribution is -2.29. The van der Waals surface area contributed by atoms with Gasteiger partial charge in [0.05, 0.1) is 0 Å². The van der Waals surface area contributed by atoms with Gasteiger partial charge in [0.1, 0.15) is 6.33 Å². The van der Waals surface area contributed by atoms with Gasteiger partial charge in [-0.05, 0) is 57.7 Å². The van der Waals surface area contributed by atoms with Crippen molar-refractivity contribution in [1.82, 2.24) is 15.3 Å². The van der Waals surface area contributed by atoms with E-state index in [1.807, 2.05) is 0 Å². The average molecular weight is 205 g/mol. The van der Waals surface area contributed by atoms with Crippen molar-refractivity contribution in [2.75, 3.05) is 13.1 Å². The molecule has 3 nitrogen and oxygen atoms in total. The van der Waals surface area contributed by atoms with E-state index in [0.29, 0.717) is 0 Å². The van der Waals surface area contributed by atoms with Crippen molar-refractivity contribution in [3.05, 3.63) is 23.3 Å². The zero-order valence-electron chi connectivity index (χ0n) is 9.58. The minimum atomic E-state index is 0.814. The topological polar surface area (TPSA) is 37.8 Å². The molecule has 0 unspecified atom stereocenters. The first kappa shape index (κ1) is 10.6. The van der Waals surface area contributed by atoms with Crippen molar-refractivity contribution < 1.29 is 0 Å². The van der Waals surface area contributed by atoms with Crippen molar-refractivity contribution in [2.24, 2.45) is 5.92 Å². The molecule has 1 aromatic rings. The van der Waals surface area contributed by atoms with Crippen molar-refractivity contribution in [3.8, 4) is 0 Å². The third kappa shape index (κ3) is 2.53. The van der Waals surface area contributed by atoms with Crippen LogP contribution < -0.4 is 5.32 Å². The lowest BCUT2D eigenvalue weighted by molar-refractivity contribution is 0.371. The quantitative estimate of drug-likeness (QED) is 0.797. The Balaban J connectivity index is 2.09. The first-order valence-electron chi connectivity index (χ1n) is 5.75. The van der Waals surface area contributed by atoms with E-state index in [9.17, 15) is 0 Å². The van der Waals surface area contributed by atoms with Gasteiger partial charge in [0.15, 0.2) is 0 Å². The van der Waals surface area contributed by atoms with Gasteiger partial charge in [0.25, 0.3) is 0 Å². The standard InChI is InChI=1S/C12H19N3/c1-9-12(10(2)15-8-14-9)7-11-3-5-13-6-4-11/h8,11,13H,3-7H2,1-2H3. The minimum Gasteiger partial charge on any atom is -0.317 e. The predicted molar refractivity (Wildman–Crippen MR) is 60.8 cm³/mol. The highest BCUT2D eigenvalue weighted by atomic mass is 14.9. The molecule has 0 amide bonds. The molecule has 0 radical (unpaired) electrons. The van der Waals surface area contributed by atoms with Gasteiger partial charge < -0.3 is 5.32 Å². The Hall–Kier alpha value is -0.960. The van der Waals surface area contributed by atoms with Crippen LogP contribution in [0.3, 0.4) is 0 Å². The molecule has 0 aromatic carbocycles. The maximum Gasteiger partial charge on any atom is 0.115 e. The number of rotatable bonds is 2. The fraction of sp³-hybridized carbons (Fsp3) is 0.667. The molecular formula is C12H19N3. The van der Waals surface area contributed by atoms with Crippen LogP contribution in [0.5, 0.6) is 0 Å². The molecule has 0 saturated carbocycles. The molecule has 0 spiro atoms. The molecule has 1 aliphatic heterocycles. The summed E-state index contributed by atoms with van der Waals surface area (Å²) in [5, 5.41) is 3.40. The van der Waals surface area contributed by atoms with Crippen LogP contribution >= 0.6 is 0 Å². The van der Waals surface area contributed by atoms with Crippen LogP contribution in [0, 0.1) is 19.8 Å². The van der Waals surface area contributed by atoms with Crippen LogP contribution in [-0.4, -0.2) is 23.1 Å². The van der Waals surface area contributed by atoms with Gasteiger partial charge in [-0.2, -0.15) is 0 Å². The zero-order valence-corrected chi connectivity index (χ0v) is 9.58. The lowest BCUT2D eigenvalue weighted by Gasteiger charge is -2.23. The van der Waals surface area contributed by atoms with Gasteiger partial charge in [0.2, 0.25) is 0 Å². The second-order valence-electron chi connectivity index (χ2n) is 4.42.